The molecule has 2 aromatic rings. The average molecular weight is 308 g/mol. The molecule has 0 saturated heterocycles. The SMILES string of the molecule is CCCNC(C)c1cc(Cl)ccc1OCc1ccn(C)n1. The minimum atomic E-state index is 0.197. The van der Waals surface area contributed by atoms with Crippen LogP contribution < -0.4 is 10.1 Å². The first-order valence-electron chi connectivity index (χ1n) is 7.24. The van der Waals surface area contributed by atoms with Gasteiger partial charge in [-0.2, -0.15) is 5.10 Å². The van der Waals surface area contributed by atoms with Gasteiger partial charge in [0.15, 0.2) is 0 Å². The zero-order chi connectivity index (χ0) is 15.2. The maximum Gasteiger partial charge on any atom is 0.132 e. The van der Waals surface area contributed by atoms with Crippen LogP contribution in [0.3, 0.4) is 0 Å². The van der Waals surface area contributed by atoms with Crippen LogP contribution in [-0.4, -0.2) is 16.3 Å². The molecule has 1 N–H and O–H groups in total. The minimum Gasteiger partial charge on any atom is -0.487 e. The van der Waals surface area contributed by atoms with E-state index in [1.807, 2.05) is 37.5 Å². The van der Waals surface area contributed by atoms with Gasteiger partial charge in [-0.25, -0.2) is 0 Å². The molecule has 0 bridgehead atoms. The second-order valence-corrected chi connectivity index (χ2v) is 5.56. The third kappa shape index (κ3) is 4.48. The van der Waals surface area contributed by atoms with Crippen molar-refractivity contribution in [2.45, 2.75) is 32.9 Å². The van der Waals surface area contributed by atoms with E-state index in [0.29, 0.717) is 6.61 Å². The van der Waals surface area contributed by atoms with Gasteiger partial charge in [0.2, 0.25) is 0 Å². The van der Waals surface area contributed by atoms with Gasteiger partial charge in [0, 0.05) is 29.9 Å². The summed E-state index contributed by atoms with van der Waals surface area (Å²) in [5.41, 5.74) is 1.99. The maximum absolute atomic E-state index is 6.12. The fourth-order valence-electron chi connectivity index (χ4n) is 2.15. The third-order valence-corrected chi connectivity index (χ3v) is 3.52. The molecule has 1 unspecified atom stereocenters. The number of aryl methyl sites for hydroxylation is 1. The number of aromatic nitrogens is 2. The largest absolute Gasteiger partial charge is 0.487 e. The highest BCUT2D eigenvalue weighted by atomic mass is 35.5. The number of ether oxygens (including phenoxy) is 1. The molecule has 2 rings (SSSR count). The first kappa shape index (κ1) is 15.9. The Morgan fingerprint density at radius 1 is 1.38 bits per heavy atom. The highest BCUT2D eigenvalue weighted by Gasteiger charge is 2.12. The molecule has 0 aliphatic rings. The zero-order valence-electron chi connectivity index (χ0n) is 12.8. The maximum atomic E-state index is 6.12. The Bertz CT molecular complexity index is 583. The highest BCUT2D eigenvalue weighted by molar-refractivity contribution is 6.30. The average Bonchev–Trinajstić information content (AvgIpc) is 2.89. The molecule has 1 heterocycles. The van der Waals surface area contributed by atoms with Crippen LogP contribution in [0.25, 0.3) is 0 Å². The van der Waals surface area contributed by atoms with E-state index in [4.69, 9.17) is 16.3 Å². The van der Waals surface area contributed by atoms with E-state index in [0.717, 1.165) is 35.0 Å². The van der Waals surface area contributed by atoms with Crippen LogP contribution in [0.5, 0.6) is 5.75 Å². The number of benzene rings is 1. The molecule has 0 spiro atoms. The fraction of sp³-hybridized carbons (Fsp3) is 0.438. The predicted octanol–water partition coefficient (Wildman–Crippen LogP) is 3.71. The van der Waals surface area contributed by atoms with Gasteiger partial charge in [0.25, 0.3) is 0 Å². The number of nitrogens with zero attached hydrogens (tertiary/aromatic N) is 2. The quantitative estimate of drug-likeness (QED) is 0.847. The van der Waals surface area contributed by atoms with Crippen molar-refractivity contribution < 1.29 is 4.74 Å². The summed E-state index contributed by atoms with van der Waals surface area (Å²) in [4.78, 5) is 0. The highest BCUT2D eigenvalue weighted by Crippen LogP contribution is 2.29. The first-order valence-corrected chi connectivity index (χ1v) is 7.62. The van der Waals surface area contributed by atoms with Crippen LogP contribution in [0, 0.1) is 0 Å². The Morgan fingerprint density at radius 2 is 2.19 bits per heavy atom. The van der Waals surface area contributed by atoms with Crippen molar-refractivity contribution in [3.8, 4) is 5.75 Å². The lowest BCUT2D eigenvalue weighted by Crippen LogP contribution is -2.20. The Kier molecular flexibility index (Phi) is 5.65. The van der Waals surface area contributed by atoms with E-state index in [-0.39, 0.29) is 6.04 Å². The van der Waals surface area contributed by atoms with E-state index < -0.39 is 0 Å². The molecule has 5 heteroatoms. The van der Waals surface area contributed by atoms with Crippen molar-refractivity contribution in [3.05, 3.63) is 46.7 Å². The Hall–Kier alpha value is -1.52. The molecule has 0 aliphatic heterocycles. The lowest BCUT2D eigenvalue weighted by Gasteiger charge is -2.18. The standard InChI is InChI=1S/C16H22ClN3O/c1-4-8-18-12(2)15-10-13(17)5-6-16(15)21-11-14-7-9-20(3)19-14/h5-7,9-10,12,18H,4,8,11H2,1-3H3. The van der Waals surface area contributed by atoms with Gasteiger partial charge in [-0.15, -0.1) is 0 Å². The van der Waals surface area contributed by atoms with Gasteiger partial charge in [-0.05, 0) is 44.2 Å². The number of hydrogen-bond donors (Lipinski definition) is 1. The van der Waals surface area contributed by atoms with Gasteiger partial charge < -0.3 is 10.1 Å². The molecule has 0 radical (unpaired) electrons. The van der Waals surface area contributed by atoms with Crippen LogP contribution >= 0.6 is 11.6 Å². The number of halogens is 1. The summed E-state index contributed by atoms with van der Waals surface area (Å²) in [5, 5.41) is 8.50. The van der Waals surface area contributed by atoms with Gasteiger partial charge in [0.05, 0.1) is 5.69 Å². The van der Waals surface area contributed by atoms with Gasteiger partial charge >= 0.3 is 0 Å². The molecule has 0 saturated carbocycles. The summed E-state index contributed by atoms with van der Waals surface area (Å²) in [6.07, 6.45) is 3.00. The lowest BCUT2D eigenvalue weighted by atomic mass is 10.1. The molecule has 1 aromatic carbocycles. The molecule has 1 atom stereocenters. The van der Waals surface area contributed by atoms with Crippen molar-refractivity contribution in [3.63, 3.8) is 0 Å². The molecular weight excluding hydrogens is 286 g/mol. The van der Waals surface area contributed by atoms with Crippen LogP contribution in [0.4, 0.5) is 0 Å². The number of hydrogen-bond acceptors (Lipinski definition) is 3. The molecule has 0 fully saturated rings. The molecular formula is C16H22ClN3O. The van der Waals surface area contributed by atoms with Gasteiger partial charge in [-0.3, -0.25) is 4.68 Å². The van der Waals surface area contributed by atoms with E-state index >= 15 is 0 Å². The van der Waals surface area contributed by atoms with E-state index in [1.165, 1.54) is 0 Å². The summed E-state index contributed by atoms with van der Waals surface area (Å²) >= 11 is 6.12. The molecule has 114 valence electrons. The summed E-state index contributed by atoms with van der Waals surface area (Å²) in [6, 6.07) is 7.88. The second-order valence-electron chi connectivity index (χ2n) is 5.13. The Labute approximate surface area is 131 Å². The van der Waals surface area contributed by atoms with Crippen molar-refractivity contribution in [2.75, 3.05) is 6.54 Å². The lowest BCUT2D eigenvalue weighted by molar-refractivity contribution is 0.294. The van der Waals surface area contributed by atoms with Crippen LogP contribution in [0.15, 0.2) is 30.5 Å². The van der Waals surface area contributed by atoms with E-state index in [1.54, 1.807) is 4.68 Å². The van der Waals surface area contributed by atoms with Crippen LogP contribution in [0.2, 0.25) is 5.02 Å². The predicted molar refractivity (Wildman–Crippen MR) is 85.7 cm³/mol. The normalized spacial score (nSPS) is 12.4. The zero-order valence-corrected chi connectivity index (χ0v) is 13.5. The summed E-state index contributed by atoms with van der Waals surface area (Å²) in [6.45, 7) is 5.69. The Balaban J connectivity index is 2.10. The number of rotatable bonds is 7. The summed E-state index contributed by atoms with van der Waals surface area (Å²) in [5.74, 6) is 0.848. The molecule has 1 aromatic heterocycles. The fourth-order valence-corrected chi connectivity index (χ4v) is 2.33. The Morgan fingerprint density at radius 3 is 2.86 bits per heavy atom. The van der Waals surface area contributed by atoms with Crippen molar-refractivity contribution in [1.29, 1.82) is 0 Å². The molecule has 4 nitrogen and oxygen atoms in total. The van der Waals surface area contributed by atoms with Crippen molar-refractivity contribution in [1.82, 2.24) is 15.1 Å². The molecule has 0 aliphatic carbocycles. The van der Waals surface area contributed by atoms with Gasteiger partial charge in [-0.1, -0.05) is 18.5 Å². The summed E-state index contributed by atoms with van der Waals surface area (Å²) < 4.78 is 7.69. The monoisotopic (exact) mass is 307 g/mol. The number of nitrogens with one attached hydrogen (secondary N) is 1. The second kappa shape index (κ2) is 7.48. The van der Waals surface area contributed by atoms with E-state index in [2.05, 4.69) is 24.3 Å². The van der Waals surface area contributed by atoms with Crippen LogP contribution in [0.1, 0.15) is 37.6 Å². The van der Waals surface area contributed by atoms with E-state index in [9.17, 15) is 0 Å². The van der Waals surface area contributed by atoms with Crippen molar-refractivity contribution in [2.24, 2.45) is 7.05 Å². The van der Waals surface area contributed by atoms with Crippen molar-refractivity contribution >= 4 is 11.6 Å². The van der Waals surface area contributed by atoms with Crippen LogP contribution in [-0.2, 0) is 13.7 Å². The summed E-state index contributed by atoms with van der Waals surface area (Å²) in [7, 11) is 1.90. The topological polar surface area (TPSA) is 39.1 Å². The molecule has 21 heavy (non-hydrogen) atoms. The first-order chi connectivity index (χ1) is 10.1. The smallest absolute Gasteiger partial charge is 0.132 e. The third-order valence-electron chi connectivity index (χ3n) is 3.28. The van der Waals surface area contributed by atoms with Gasteiger partial charge in [0.1, 0.15) is 12.4 Å². The minimum absolute atomic E-state index is 0.197. The molecule has 0 amide bonds.